The molecule has 0 aliphatic rings. The molecule has 0 spiro atoms. The summed E-state index contributed by atoms with van der Waals surface area (Å²) in [6.07, 6.45) is 1.81. The molecule has 2 aromatic rings. The van der Waals surface area contributed by atoms with Crippen LogP contribution in [0.25, 0.3) is 10.9 Å². The SMILES string of the molecule is CC(C)(CO)CNc1cccc2[nH]ncc12. The van der Waals surface area contributed by atoms with Gasteiger partial charge in [-0.15, -0.1) is 0 Å². The van der Waals surface area contributed by atoms with Gasteiger partial charge < -0.3 is 10.4 Å². The van der Waals surface area contributed by atoms with E-state index >= 15 is 0 Å². The predicted molar refractivity (Wildman–Crippen MR) is 65.5 cm³/mol. The lowest BCUT2D eigenvalue weighted by atomic mass is 9.95. The third-order valence-corrected chi connectivity index (χ3v) is 2.67. The Kier molecular flexibility index (Phi) is 2.83. The Bertz CT molecular complexity index is 476. The van der Waals surface area contributed by atoms with Crippen molar-refractivity contribution in [2.45, 2.75) is 13.8 Å². The lowest BCUT2D eigenvalue weighted by Crippen LogP contribution is -2.26. The molecule has 2 rings (SSSR count). The molecule has 0 fully saturated rings. The van der Waals surface area contributed by atoms with Crippen molar-refractivity contribution in [3.8, 4) is 0 Å². The molecule has 0 amide bonds. The van der Waals surface area contributed by atoms with Crippen LogP contribution in [0.5, 0.6) is 0 Å². The lowest BCUT2D eigenvalue weighted by molar-refractivity contribution is 0.171. The third kappa shape index (κ3) is 2.17. The maximum atomic E-state index is 9.19. The van der Waals surface area contributed by atoms with Crippen molar-refractivity contribution >= 4 is 16.6 Å². The van der Waals surface area contributed by atoms with E-state index in [4.69, 9.17) is 0 Å². The van der Waals surface area contributed by atoms with E-state index in [1.807, 2.05) is 38.2 Å². The van der Waals surface area contributed by atoms with Crippen LogP contribution >= 0.6 is 0 Å². The highest BCUT2D eigenvalue weighted by Crippen LogP contribution is 2.23. The lowest BCUT2D eigenvalue weighted by Gasteiger charge is -2.22. The second-order valence-electron chi connectivity index (χ2n) is 4.81. The molecule has 0 aliphatic carbocycles. The molecular formula is C12H17N3O. The summed E-state index contributed by atoms with van der Waals surface area (Å²) < 4.78 is 0. The summed E-state index contributed by atoms with van der Waals surface area (Å²) in [6, 6.07) is 5.99. The number of benzene rings is 1. The average molecular weight is 219 g/mol. The van der Waals surface area contributed by atoms with Crippen LogP contribution < -0.4 is 5.32 Å². The molecule has 3 N–H and O–H groups in total. The van der Waals surface area contributed by atoms with Crippen LogP contribution in [0.2, 0.25) is 0 Å². The zero-order valence-corrected chi connectivity index (χ0v) is 9.62. The van der Waals surface area contributed by atoms with E-state index in [0.29, 0.717) is 0 Å². The number of anilines is 1. The molecule has 0 saturated heterocycles. The van der Waals surface area contributed by atoms with Gasteiger partial charge in [0, 0.05) is 29.6 Å². The highest BCUT2D eigenvalue weighted by atomic mass is 16.3. The van der Waals surface area contributed by atoms with Crippen molar-refractivity contribution in [2.75, 3.05) is 18.5 Å². The number of nitrogens with zero attached hydrogens (tertiary/aromatic N) is 1. The molecule has 4 nitrogen and oxygen atoms in total. The number of aromatic amines is 1. The standard InChI is InChI=1S/C12H17N3O/c1-12(2,8-16)7-13-10-4-3-5-11-9(10)6-14-15-11/h3-6,13,16H,7-8H2,1-2H3,(H,14,15). The Balaban J connectivity index is 2.18. The molecule has 1 heterocycles. The number of rotatable bonds is 4. The highest BCUT2D eigenvalue weighted by Gasteiger charge is 2.16. The van der Waals surface area contributed by atoms with E-state index in [0.717, 1.165) is 23.1 Å². The van der Waals surface area contributed by atoms with Crippen LogP contribution in [0, 0.1) is 5.41 Å². The van der Waals surface area contributed by atoms with Gasteiger partial charge in [0.2, 0.25) is 0 Å². The molecule has 0 atom stereocenters. The average Bonchev–Trinajstić information content (AvgIpc) is 2.75. The van der Waals surface area contributed by atoms with Gasteiger partial charge in [0.1, 0.15) is 0 Å². The number of fused-ring (bicyclic) bond motifs is 1. The van der Waals surface area contributed by atoms with Crippen molar-refractivity contribution < 1.29 is 5.11 Å². The summed E-state index contributed by atoms with van der Waals surface area (Å²) in [5.41, 5.74) is 1.95. The van der Waals surface area contributed by atoms with Gasteiger partial charge in [0.15, 0.2) is 0 Å². The molecule has 4 heteroatoms. The Labute approximate surface area is 94.7 Å². The van der Waals surface area contributed by atoms with Crippen molar-refractivity contribution in [3.05, 3.63) is 24.4 Å². The number of aliphatic hydroxyl groups excluding tert-OH is 1. The Hall–Kier alpha value is -1.55. The van der Waals surface area contributed by atoms with Gasteiger partial charge >= 0.3 is 0 Å². The van der Waals surface area contributed by atoms with Crippen molar-refractivity contribution in [1.82, 2.24) is 10.2 Å². The minimum absolute atomic E-state index is 0.119. The van der Waals surface area contributed by atoms with E-state index in [9.17, 15) is 5.11 Å². The monoisotopic (exact) mass is 219 g/mol. The zero-order chi connectivity index (χ0) is 11.6. The highest BCUT2D eigenvalue weighted by molar-refractivity contribution is 5.90. The predicted octanol–water partition coefficient (Wildman–Crippen LogP) is 1.99. The number of nitrogens with one attached hydrogen (secondary N) is 2. The molecule has 1 aromatic heterocycles. The van der Waals surface area contributed by atoms with E-state index < -0.39 is 0 Å². The van der Waals surface area contributed by atoms with Gasteiger partial charge in [-0.25, -0.2) is 0 Å². The maximum absolute atomic E-state index is 9.19. The maximum Gasteiger partial charge on any atom is 0.0671 e. The quantitative estimate of drug-likeness (QED) is 0.737. The molecule has 0 aliphatic heterocycles. The van der Waals surface area contributed by atoms with E-state index in [1.54, 1.807) is 0 Å². The van der Waals surface area contributed by atoms with E-state index in [1.165, 1.54) is 0 Å². The molecule has 86 valence electrons. The first-order valence-electron chi connectivity index (χ1n) is 5.39. The summed E-state index contributed by atoms with van der Waals surface area (Å²) >= 11 is 0. The van der Waals surface area contributed by atoms with Crippen molar-refractivity contribution in [2.24, 2.45) is 5.41 Å². The number of aliphatic hydroxyl groups is 1. The molecule has 0 unspecified atom stereocenters. The Morgan fingerprint density at radius 1 is 1.44 bits per heavy atom. The number of aromatic nitrogens is 2. The second kappa shape index (κ2) is 4.14. The fourth-order valence-corrected chi connectivity index (χ4v) is 1.51. The number of H-pyrrole nitrogens is 1. The van der Waals surface area contributed by atoms with Crippen LogP contribution in [0.3, 0.4) is 0 Å². The fourth-order valence-electron chi connectivity index (χ4n) is 1.51. The first-order chi connectivity index (χ1) is 7.62. The van der Waals surface area contributed by atoms with Gasteiger partial charge in [-0.05, 0) is 12.1 Å². The van der Waals surface area contributed by atoms with Crippen LogP contribution in [-0.4, -0.2) is 28.5 Å². The van der Waals surface area contributed by atoms with Crippen molar-refractivity contribution in [1.29, 1.82) is 0 Å². The first-order valence-corrected chi connectivity index (χ1v) is 5.39. The van der Waals surface area contributed by atoms with Gasteiger partial charge in [0.05, 0.1) is 11.7 Å². The molecule has 16 heavy (non-hydrogen) atoms. The summed E-state index contributed by atoms with van der Waals surface area (Å²) in [5.74, 6) is 0. The Morgan fingerprint density at radius 2 is 2.25 bits per heavy atom. The molecular weight excluding hydrogens is 202 g/mol. The van der Waals surface area contributed by atoms with Crippen LogP contribution in [0.4, 0.5) is 5.69 Å². The van der Waals surface area contributed by atoms with Crippen molar-refractivity contribution in [3.63, 3.8) is 0 Å². The minimum atomic E-state index is -0.119. The van der Waals surface area contributed by atoms with E-state index in [-0.39, 0.29) is 12.0 Å². The van der Waals surface area contributed by atoms with Crippen LogP contribution in [0.1, 0.15) is 13.8 Å². The third-order valence-electron chi connectivity index (χ3n) is 2.67. The van der Waals surface area contributed by atoms with Crippen LogP contribution in [0.15, 0.2) is 24.4 Å². The van der Waals surface area contributed by atoms with Gasteiger partial charge in [0.25, 0.3) is 0 Å². The van der Waals surface area contributed by atoms with Gasteiger partial charge in [-0.2, -0.15) is 5.10 Å². The molecule has 1 aromatic carbocycles. The summed E-state index contributed by atoms with van der Waals surface area (Å²) in [7, 11) is 0. The number of hydrogen-bond donors (Lipinski definition) is 3. The van der Waals surface area contributed by atoms with Crippen LogP contribution in [-0.2, 0) is 0 Å². The smallest absolute Gasteiger partial charge is 0.0671 e. The topological polar surface area (TPSA) is 60.9 Å². The molecule has 0 bridgehead atoms. The summed E-state index contributed by atoms with van der Waals surface area (Å²) in [4.78, 5) is 0. The summed E-state index contributed by atoms with van der Waals surface area (Å²) in [6.45, 7) is 4.94. The largest absolute Gasteiger partial charge is 0.396 e. The zero-order valence-electron chi connectivity index (χ0n) is 9.62. The van der Waals surface area contributed by atoms with Gasteiger partial charge in [-0.3, -0.25) is 5.10 Å². The number of hydrogen-bond acceptors (Lipinski definition) is 3. The Morgan fingerprint density at radius 3 is 3.00 bits per heavy atom. The fraction of sp³-hybridized carbons (Fsp3) is 0.417. The van der Waals surface area contributed by atoms with Gasteiger partial charge in [-0.1, -0.05) is 19.9 Å². The summed E-state index contributed by atoms with van der Waals surface area (Å²) in [5, 5.41) is 20.6. The second-order valence-corrected chi connectivity index (χ2v) is 4.81. The molecule has 0 saturated carbocycles. The normalized spacial score (nSPS) is 11.9. The van der Waals surface area contributed by atoms with E-state index in [2.05, 4.69) is 15.5 Å². The minimum Gasteiger partial charge on any atom is -0.396 e. The first kappa shape index (κ1) is 11.0. The molecule has 0 radical (unpaired) electrons.